The Hall–Kier alpha value is -1.63. The van der Waals surface area contributed by atoms with E-state index in [0.29, 0.717) is 17.4 Å². The van der Waals surface area contributed by atoms with Gasteiger partial charge in [0.05, 0.1) is 18.5 Å². The molecule has 1 aromatic rings. The first-order valence-electron chi connectivity index (χ1n) is 5.22. The Labute approximate surface area is 103 Å². The zero-order valence-corrected chi connectivity index (χ0v) is 10.4. The highest BCUT2D eigenvalue weighted by Gasteiger charge is 2.14. The summed E-state index contributed by atoms with van der Waals surface area (Å²) in [6, 6.07) is 0. The second-order valence-corrected chi connectivity index (χ2v) is 4.36. The zero-order valence-electron chi connectivity index (χ0n) is 9.55. The van der Waals surface area contributed by atoms with Crippen molar-refractivity contribution < 1.29 is 14.7 Å². The maximum Gasteiger partial charge on any atom is 0.305 e. The summed E-state index contributed by atoms with van der Waals surface area (Å²) in [5.74, 6) is -1.03. The van der Waals surface area contributed by atoms with Gasteiger partial charge in [-0.25, -0.2) is 4.98 Å². The molecule has 0 aromatic carbocycles. The van der Waals surface area contributed by atoms with Gasteiger partial charge < -0.3 is 15.7 Å². The SMILES string of the molecule is CCN(CCC(=O)O)C(=O)Cc1csc(N)n1. The number of carboxylic acid groups (broad SMARTS) is 1. The van der Waals surface area contributed by atoms with Gasteiger partial charge in [-0.1, -0.05) is 0 Å². The molecule has 7 heteroatoms. The highest BCUT2D eigenvalue weighted by atomic mass is 32.1. The topological polar surface area (TPSA) is 96.5 Å². The predicted octanol–water partition coefficient (Wildman–Crippen LogP) is 0.591. The van der Waals surface area contributed by atoms with Gasteiger partial charge in [0, 0.05) is 18.5 Å². The van der Waals surface area contributed by atoms with Crippen molar-refractivity contribution in [1.29, 1.82) is 0 Å². The van der Waals surface area contributed by atoms with Crippen LogP contribution in [0.4, 0.5) is 5.13 Å². The molecular formula is C10H15N3O3S. The fraction of sp³-hybridized carbons (Fsp3) is 0.500. The molecule has 0 aliphatic rings. The summed E-state index contributed by atoms with van der Waals surface area (Å²) in [5, 5.41) is 10.7. The standard InChI is InChI=1S/C10H15N3O3S/c1-2-13(4-3-9(15)16)8(14)5-7-6-17-10(11)12-7/h6H,2-5H2,1H3,(H2,11,12)(H,15,16). The van der Waals surface area contributed by atoms with Crippen LogP contribution in [0, 0.1) is 0 Å². The number of anilines is 1. The van der Waals surface area contributed by atoms with E-state index in [1.807, 2.05) is 6.92 Å². The van der Waals surface area contributed by atoms with E-state index < -0.39 is 5.97 Å². The van der Waals surface area contributed by atoms with Crippen LogP contribution in [0.15, 0.2) is 5.38 Å². The number of thiazole rings is 1. The highest BCUT2D eigenvalue weighted by molar-refractivity contribution is 7.13. The summed E-state index contributed by atoms with van der Waals surface area (Å²) < 4.78 is 0. The van der Waals surface area contributed by atoms with Crippen LogP contribution in [0.25, 0.3) is 0 Å². The molecule has 0 fully saturated rings. The number of hydrogen-bond donors (Lipinski definition) is 2. The van der Waals surface area contributed by atoms with E-state index in [2.05, 4.69) is 4.98 Å². The van der Waals surface area contributed by atoms with Crippen molar-refractivity contribution >= 4 is 28.3 Å². The molecule has 0 bridgehead atoms. The molecule has 17 heavy (non-hydrogen) atoms. The predicted molar refractivity (Wildman–Crippen MR) is 64.7 cm³/mol. The first kappa shape index (κ1) is 13.4. The number of nitrogens with two attached hydrogens (primary N) is 1. The number of rotatable bonds is 6. The van der Waals surface area contributed by atoms with Gasteiger partial charge in [-0.3, -0.25) is 9.59 Å². The molecule has 1 heterocycles. The number of hydrogen-bond acceptors (Lipinski definition) is 5. The minimum atomic E-state index is -0.908. The lowest BCUT2D eigenvalue weighted by atomic mass is 10.3. The fourth-order valence-corrected chi connectivity index (χ4v) is 1.92. The lowest BCUT2D eigenvalue weighted by Gasteiger charge is -2.19. The number of carboxylic acids is 1. The molecule has 0 atom stereocenters. The summed E-state index contributed by atoms with van der Waals surface area (Å²) in [6.07, 6.45) is 0.125. The molecule has 94 valence electrons. The summed E-state index contributed by atoms with van der Waals surface area (Å²) in [5.41, 5.74) is 6.10. The van der Waals surface area contributed by atoms with Gasteiger partial charge in [-0.2, -0.15) is 0 Å². The Morgan fingerprint density at radius 1 is 1.59 bits per heavy atom. The van der Waals surface area contributed by atoms with Gasteiger partial charge in [0.25, 0.3) is 0 Å². The number of likely N-dealkylation sites (N-methyl/N-ethyl adjacent to an activating group) is 1. The highest BCUT2D eigenvalue weighted by Crippen LogP contribution is 2.12. The number of aromatic nitrogens is 1. The average molecular weight is 257 g/mol. The van der Waals surface area contributed by atoms with Gasteiger partial charge in [0.2, 0.25) is 5.91 Å². The van der Waals surface area contributed by atoms with Crippen molar-refractivity contribution in [2.24, 2.45) is 0 Å². The van der Waals surface area contributed by atoms with Gasteiger partial charge in [-0.15, -0.1) is 11.3 Å². The summed E-state index contributed by atoms with van der Waals surface area (Å²) in [4.78, 5) is 27.8. The smallest absolute Gasteiger partial charge is 0.305 e. The molecule has 0 aliphatic heterocycles. The summed E-state index contributed by atoms with van der Waals surface area (Å²) in [7, 11) is 0. The lowest BCUT2D eigenvalue weighted by molar-refractivity contribution is -0.138. The third-order valence-electron chi connectivity index (χ3n) is 2.23. The molecule has 0 saturated carbocycles. The second-order valence-electron chi connectivity index (χ2n) is 3.47. The van der Waals surface area contributed by atoms with Gasteiger partial charge in [0.15, 0.2) is 5.13 Å². The first-order valence-corrected chi connectivity index (χ1v) is 6.10. The Kier molecular flexibility index (Phi) is 4.89. The Bertz CT molecular complexity index is 405. The van der Waals surface area contributed by atoms with Crippen LogP contribution in [-0.2, 0) is 16.0 Å². The van der Waals surface area contributed by atoms with E-state index >= 15 is 0 Å². The number of nitrogen functional groups attached to an aromatic ring is 1. The van der Waals surface area contributed by atoms with Gasteiger partial charge >= 0.3 is 5.97 Å². The van der Waals surface area contributed by atoms with Crippen molar-refractivity contribution in [2.75, 3.05) is 18.8 Å². The molecule has 0 unspecified atom stereocenters. The summed E-state index contributed by atoms with van der Waals surface area (Å²) in [6.45, 7) is 2.53. The Balaban J connectivity index is 2.51. The van der Waals surface area contributed by atoms with Crippen LogP contribution in [0.1, 0.15) is 19.0 Å². The second kappa shape index (κ2) is 6.19. The number of amides is 1. The largest absolute Gasteiger partial charge is 0.481 e. The van der Waals surface area contributed by atoms with Crippen molar-refractivity contribution in [1.82, 2.24) is 9.88 Å². The van der Waals surface area contributed by atoms with E-state index in [9.17, 15) is 9.59 Å². The van der Waals surface area contributed by atoms with Gasteiger partial charge in [-0.05, 0) is 6.92 Å². The third kappa shape index (κ3) is 4.39. The van der Waals surface area contributed by atoms with Crippen molar-refractivity contribution in [3.05, 3.63) is 11.1 Å². The van der Waals surface area contributed by atoms with Crippen molar-refractivity contribution in [2.45, 2.75) is 19.8 Å². The van der Waals surface area contributed by atoms with Gasteiger partial charge in [0.1, 0.15) is 0 Å². The number of aliphatic carboxylic acids is 1. The number of nitrogens with zero attached hydrogens (tertiary/aromatic N) is 2. The third-order valence-corrected chi connectivity index (χ3v) is 2.95. The molecule has 6 nitrogen and oxygen atoms in total. The average Bonchev–Trinajstić information content (AvgIpc) is 2.64. The Morgan fingerprint density at radius 2 is 2.29 bits per heavy atom. The minimum absolute atomic E-state index is 0.0429. The molecule has 0 spiro atoms. The molecule has 1 rings (SSSR count). The number of carbonyl (C=O) groups excluding carboxylic acids is 1. The maximum absolute atomic E-state index is 11.8. The molecular weight excluding hydrogens is 242 g/mol. The quantitative estimate of drug-likeness (QED) is 0.777. The molecule has 1 amide bonds. The minimum Gasteiger partial charge on any atom is -0.481 e. The van der Waals surface area contributed by atoms with Crippen LogP contribution in [0.3, 0.4) is 0 Å². The maximum atomic E-state index is 11.8. The fourth-order valence-electron chi connectivity index (χ4n) is 1.36. The molecule has 0 saturated heterocycles. The van der Waals surface area contributed by atoms with Crippen LogP contribution < -0.4 is 5.73 Å². The lowest BCUT2D eigenvalue weighted by Crippen LogP contribution is -2.34. The van der Waals surface area contributed by atoms with E-state index in [1.54, 1.807) is 5.38 Å². The van der Waals surface area contributed by atoms with E-state index in [0.717, 1.165) is 0 Å². The van der Waals surface area contributed by atoms with E-state index in [4.69, 9.17) is 10.8 Å². The van der Waals surface area contributed by atoms with Crippen LogP contribution in [0.5, 0.6) is 0 Å². The molecule has 1 aromatic heterocycles. The van der Waals surface area contributed by atoms with Crippen LogP contribution in [-0.4, -0.2) is 40.0 Å². The molecule has 0 aliphatic carbocycles. The Morgan fingerprint density at radius 3 is 2.76 bits per heavy atom. The van der Waals surface area contributed by atoms with Crippen LogP contribution >= 0.6 is 11.3 Å². The molecule has 0 radical (unpaired) electrons. The van der Waals surface area contributed by atoms with Crippen molar-refractivity contribution in [3.63, 3.8) is 0 Å². The summed E-state index contributed by atoms with van der Waals surface area (Å²) >= 11 is 1.29. The first-order chi connectivity index (χ1) is 8.02. The normalized spacial score (nSPS) is 10.2. The van der Waals surface area contributed by atoms with E-state index in [-0.39, 0.29) is 25.3 Å². The van der Waals surface area contributed by atoms with Crippen molar-refractivity contribution in [3.8, 4) is 0 Å². The van der Waals surface area contributed by atoms with E-state index in [1.165, 1.54) is 16.2 Å². The van der Waals surface area contributed by atoms with Crippen LogP contribution in [0.2, 0.25) is 0 Å². The monoisotopic (exact) mass is 257 g/mol. The number of carbonyl (C=O) groups is 2. The molecule has 3 N–H and O–H groups in total. The zero-order chi connectivity index (χ0) is 12.8.